The summed E-state index contributed by atoms with van der Waals surface area (Å²) in [5, 5.41) is 9.54. The van der Waals surface area contributed by atoms with E-state index in [-0.39, 0.29) is 18.5 Å². The highest BCUT2D eigenvalue weighted by atomic mass is 19.1. The number of ether oxygens (including phenoxy) is 2. The molecule has 1 aliphatic rings. The average Bonchev–Trinajstić information content (AvgIpc) is 2.72. The van der Waals surface area contributed by atoms with Crippen molar-refractivity contribution in [3.05, 3.63) is 59.4 Å². The summed E-state index contributed by atoms with van der Waals surface area (Å²) in [5.41, 5.74) is 2.13. The first-order valence-corrected chi connectivity index (χ1v) is 9.66. The predicted octanol–water partition coefficient (Wildman–Crippen LogP) is 2.91. The van der Waals surface area contributed by atoms with Crippen LogP contribution in [0.1, 0.15) is 17.5 Å². The molecule has 1 saturated heterocycles. The molecule has 1 atom stereocenters. The fraction of sp³-hybridized carbons (Fsp3) is 0.455. The van der Waals surface area contributed by atoms with Gasteiger partial charge in [0.15, 0.2) is 0 Å². The van der Waals surface area contributed by atoms with E-state index in [4.69, 9.17) is 9.47 Å². The van der Waals surface area contributed by atoms with E-state index in [9.17, 15) is 9.50 Å². The minimum Gasteiger partial charge on any atom is -0.496 e. The summed E-state index contributed by atoms with van der Waals surface area (Å²) in [6, 6.07) is 12.7. The standard InChI is InChI=1S/C22H29FN2O3/c1-27-21-4-3-5-22(28-2)20(21)16-24-11-12-25(19(15-24)10-13-26)14-17-6-8-18(23)9-7-17/h3-9,19,26H,10-16H2,1-2H3. The van der Waals surface area contributed by atoms with Gasteiger partial charge in [0, 0.05) is 45.4 Å². The lowest BCUT2D eigenvalue weighted by Crippen LogP contribution is -2.52. The summed E-state index contributed by atoms with van der Waals surface area (Å²) in [6.45, 7) is 4.29. The van der Waals surface area contributed by atoms with Crippen LogP contribution < -0.4 is 9.47 Å². The molecule has 0 bridgehead atoms. The highest BCUT2D eigenvalue weighted by molar-refractivity contribution is 5.44. The number of methoxy groups -OCH3 is 2. The maximum Gasteiger partial charge on any atom is 0.127 e. The SMILES string of the molecule is COc1cccc(OC)c1CN1CCN(Cc2ccc(F)cc2)C(CCO)C1. The van der Waals surface area contributed by atoms with E-state index in [0.717, 1.165) is 55.3 Å². The lowest BCUT2D eigenvalue weighted by Gasteiger charge is -2.41. The summed E-state index contributed by atoms with van der Waals surface area (Å²) >= 11 is 0. The molecule has 0 radical (unpaired) electrons. The van der Waals surface area contributed by atoms with E-state index in [2.05, 4.69) is 9.80 Å². The van der Waals surface area contributed by atoms with Crippen molar-refractivity contribution in [2.45, 2.75) is 25.6 Å². The Kier molecular flexibility index (Phi) is 7.25. The van der Waals surface area contributed by atoms with Crippen LogP contribution in [0.5, 0.6) is 11.5 Å². The molecule has 0 saturated carbocycles. The zero-order valence-corrected chi connectivity index (χ0v) is 16.6. The zero-order valence-electron chi connectivity index (χ0n) is 16.6. The molecule has 1 aliphatic heterocycles. The fourth-order valence-electron chi connectivity index (χ4n) is 3.86. The first-order chi connectivity index (χ1) is 13.6. The molecular formula is C22H29FN2O3. The van der Waals surface area contributed by atoms with Crippen molar-refractivity contribution in [3.8, 4) is 11.5 Å². The van der Waals surface area contributed by atoms with Crippen LogP contribution in [0.3, 0.4) is 0 Å². The van der Waals surface area contributed by atoms with Gasteiger partial charge in [0.2, 0.25) is 0 Å². The normalized spacial score (nSPS) is 18.2. The van der Waals surface area contributed by atoms with E-state index >= 15 is 0 Å². The number of rotatable bonds is 8. The van der Waals surface area contributed by atoms with Crippen molar-refractivity contribution in [2.24, 2.45) is 0 Å². The van der Waals surface area contributed by atoms with Crippen LogP contribution >= 0.6 is 0 Å². The van der Waals surface area contributed by atoms with E-state index < -0.39 is 0 Å². The number of hydrogen-bond acceptors (Lipinski definition) is 5. The highest BCUT2D eigenvalue weighted by Crippen LogP contribution is 2.30. The molecule has 2 aromatic rings. The Morgan fingerprint density at radius 2 is 1.68 bits per heavy atom. The van der Waals surface area contributed by atoms with Gasteiger partial charge in [-0.15, -0.1) is 0 Å². The Hall–Kier alpha value is -2.15. The minimum atomic E-state index is -0.216. The van der Waals surface area contributed by atoms with Crippen LogP contribution in [0.2, 0.25) is 0 Å². The number of nitrogens with zero attached hydrogens (tertiary/aromatic N) is 2. The van der Waals surface area contributed by atoms with E-state index in [1.165, 1.54) is 12.1 Å². The van der Waals surface area contributed by atoms with Crippen LogP contribution in [0.25, 0.3) is 0 Å². The van der Waals surface area contributed by atoms with Gasteiger partial charge in [-0.05, 0) is 36.2 Å². The molecule has 0 aromatic heterocycles. The van der Waals surface area contributed by atoms with Gasteiger partial charge in [0.1, 0.15) is 17.3 Å². The van der Waals surface area contributed by atoms with Crippen molar-refractivity contribution < 1.29 is 19.0 Å². The first kappa shape index (κ1) is 20.6. The third kappa shape index (κ3) is 5.01. The van der Waals surface area contributed by atoms with Gasteiger partial charge >= 0.3 is 0 Å². The summed E-state index contributed by atoms with van der Waals surface area (Å²) in [6.07, 6.45) is 0.709. The summed E-state index contributed by atoms with van der Waals surface area (Å²) in [5.74, 6) is 1.44. The number of hydrogen-bond donors (Lipinski definition) is 1. The molecule has 5 nitrogen and oxygen atoms in total. The molecule has 3 rings (SSSR count). The largest absolute Gasteiger partial charge is 0.496 e. The molecule has 1 unspecified atom stereocenters. The molecule has 1 fully saturated rings. The van der Waals surface area contributed by atoms with Gasteiger partial charge in [-0.1, -0.05) is 18.2 Å². The zero-order chi connectivity index (χ0) is 19.9. The molecule has 1 N–H and O–H groups in total. The third-order valence-corrected chi connectivity index (χ3v) is 5.36. The van der Waals surface area contributed by atoms with Crippen LogP contribution in [0, 0.1) is 5.82 Å². The number of benzene rings is 2. The summed E-state index contributed by atoms with van der Waals surface area (Å²) in [4.78, 5) is 4.75. The molecule has 2 aromatic carbocycles. The van der Waals surface area contributed by atoms with Crippen LogP contribution in [-0.2, 0) is 13.1 Å². The molecule has 152 valence electrons. The number of aliphatic hydroxyl groups is 1. The van der Waals surface area contributed by atoms with Crippen molar-refractivity contribution >= 4 is 0 Å². The molecular weight excluding hydrogens is 359 g/mol. The van der Waals surface area contributed by atoms with Gasteiger partial charge in [0.25, 0.3) is 0 Å². The van der Waals surface area contributed by atoms with E-state index in [0.29, 0.717) is 6.42 Å². The van der Waals surface area contributed by atoms with Crippen molar-refractivity contribution in [2.75, 3.05) is 40.5 Å². The van der Waals surface area contributed by atoms with Gasteiger partial charge in [-0.3, -0.25) is 9.80 Å². The molecule has 28 heavy (non-hydrogen) atoms. The maximum absolute atomic E-state index is 13.2. The fourth-order valence-corrected chi connectivity index (χ4v) is 3.86. The smallest absolute Gasteiger partial charge is 0.127 e. The second kappa shape index (κ2) is 9.87. The maximum atomic E-state index is 13.2. The first-order valence-electron chi connectivity index (χ1n) is 9.66. The summed E-state index contributed by atoms with van der Waals surface area (Å²) in [7, 11) is 3.35. The van der Waals surface area contributed by atoms with Gasteiger partial charge in [0.05, 0.1) is 19.8 Å². The van der Waals surface area contributed by atoms with Gasteiger partial charge in [-0.2, -0.15) is 0 Å². The number of aliphatic hydroxyl groups excluding tert-OH is 1. The van der Waals surface area contributed by atoms with Gasteiger partial charge in [-0.25, -0.2) is 4.39 Å². The minimum absolute atomic E-state index is 0.149. The molecule has 0 amide bonds. The number of piperazine rings is 1. The summed E-state index contributed by atoms with van der Waals surface area (Å²) < 4.78 is 24.2. The average molecular weight is 388 g/mol. The van der Waals surface area contributed by atoms with E-state index in [1.807, 2.05) is 30.3 Å². The third-order valence-electron chi connectivity index (χ3n) is 5.36. The van der Waals surface area contributed by atoms with Crippen molar-refractivity contribution in [1.82, 2.24) is 9.80 Å². The van der Waals surface area contributed by atoms with Crippen molar-refractivity contribution in [1.29, 1.82) is 0 Å². The topological polar surface area (TPSA) is 45.2 Å². The lowest BCUT2D eigenvalue weighted by molar-refractivity contribution is 0.0492. The van der Waals surface area contributed by atoms with Gasteiger partial charge < -0.3 is 14.6 Å². The lowest BCUT2D eigenvalue weighted by atomic mass is 10.1. The Balaban J connectivity index is 1.69. The number of halogens is 1. The van der Waals surface area contributed by atoms with Crippen LogP contribution in [-0.4, -0.2) is 61.4 Å². The molecule has 0 aliphatic carbocycles. The highest BCUT2D eigenvalue weighted by Gasteiger charge is 2.27. The second-order valence-electron chi connectivity index (χ2n) is 7.14. The Labute approximate surface area is 166 Å². The molecule has 1 heterocycles. The Morgan fingerprint density at radius 1 is 1.00 bits per heavy atom. The van der Waals surface area contributed by atoms with Crippen LogP contribution in [0.15, 0.2) is 42.5 Å². The second-order valence-corrected chi connectivity index (χ2v) is 7.14. The van der Waals surface area contributed by atoms with E-state index in [1.54, 1.807) is 14.2 Å². The molecule has 6 heteroatoms. The molecule has 0 spiro atoms. The Bertz CT molecular complexity index is 732. The monoisotopic (exact) mass is 388 g/mol. The predicted molar refractivity (Wildman–Crippen MR) is 107 cm³/mol. The van der Waals surface area contributed by atoms with Crippen molar-refractivity contribution in [3.63, 3.8) is 0 Å². The van der Waals surface area contributed by atoms with Crippen LogP contribution in [0.4, 0.5) is 4.39 Å². The quantitative estimate of drug-likeness (QED) is 0.753. The Morgan fingerprint density at radius 3 is 2.29 bits per heavy atom.